The van der Waals surface area contributed by atoms with Crippen LogP contribution in [-0.2, 0) is 20.7 Å². The van der Waals surface area contributed by atoms with Gasteiger partial charge in [-0.05, 0) is 24.5 Å². The standard InChI is InChI=1S/C15H16N2O6/c1-23-14(20)15(13(18)19)8-9-7-10(17(21)22)4-5-11(9)16-6-2-3-12(15)16/h4-5,7,12H,2-3,6,8H2,1H3,(H,18,19)/t12-,15+/m0/s1. The number of nitrogens with zero attached hydrogens (tertiary/aromatic N) is 2. The molecule has 0 aromatic heterocycles. The smallest absolute Gasteiger partial charge is 0.325 e. The van der Waals surface area contributed by atoms with Crippen LogP contribution in [0.25, 0.3) is 0 Å². The van der Waals surface area contributed by atoms with Crippen molar-refractivity contribution in [2.75, 3.05) is 18.6 Å². The molecule has 23 heavy (non-hydrogen) atoms. The predicted molar refractivity (Wildman–Crippen MR) is 79.3 cm³/mol. The van der Waals surface area contributed by atoms with E-state index in [1.807, 2.05) is 4.90 Å². The Kier molecular flexibility index (Phi) is 3.46. The number of hydrogen-bond acceptors (Lipinski definition) is 6. The molecule has 0 aliphatic carbocycles. The summed E-state index contributed by atoms with van der Waals surface area (Å²) in [6.07, 6.45) is 1.22. The minimum absolute atomic E-state index is 0.104. The summed E-state index contributed by atoms with van der Waals surface area (Å²) in [4.78, 5) is 36.6. The molecule has 0 amide bonds. The fraction of sp³-hybridized carbons (Fsp3) is 0.467. The van der Waals surface area contributed by atoms with Gasteiger partial charge in [0.1, 0.15) is 0 Å². The number of methoxy groups -OCH3 is 1. The number of carbonyl (C=O) groups excluding carboxylic acids is 1. The third-order valence-electron chi connectivity index (χ3n) is 4.81. The molecule has 2 aliphatic rings. The summed E-state index contributed by atoms with van der Waals surface area (Å²) < 4.78 is 4.77. The monoisotopic (exact) mass is 320 g/mol. The molecule has 2 aliphatic heterocycles. The maximum absolute atomic E-state index is 12.3. The average Bonchev–Trinajstić information content (AvgIpc) is 3.02. The number of carboxylic acids is 1. The van der Waals surface area contributed by atoms with Crippen LogP contribution in [0.1, 0.15) is 18.4 Å². The van der Waals surface area contributed by atoms with Crippen molar-refractivity contribution in [3.8, 4) is 0 Å². The number of hydrogen-bond donors (Lipinski definition) is 1. The number of nitro groups is 1. The summed E-state index contributed by atoms with van der Waals surface area (Å²) in [6.45, 7) is 0.613. The van der Waals surface area contributed by atoms with Gasteiger partial charge in [0, 0.05) is 30.8 Å². The van der Waals surface area contributed by atoms with Crippen molar-refractivity contribution in [1.29, 1.82) is 0 Å². The van der Waals surface area contributed by atoms with Gasteiger partial charge in [0.05, 0.1) is 18.1 Å². The van der Waals surface area contributed by atoms with Crippen LogP contribution in [-0.4, -0.2) is 41.7 Å². The second kappa shape index (κ2) is 5.22. The van der Waals surface area contributed by atoms with E-state index in [1.165, 1.54) is 12.1 Å². The zero-order valence-corrected chi connectivity index (χ0v) is 12.5. The highest BCUT2D eigenvalue weighted by atomic mass is 16.6. The first-order valence-corrected chi connectivity index (χ1v) is 7.27. The Bertz CT molecular complexity index is 703. The number of fused-ring (bicyclic) bond motifs is 3. The van der Waals surface area contributed by atoms with Gasteiger partial charge >= 0.3 is 11.9 Å². The number of nitro benzene ring substituents is 1. The highest BCUT2D eigenvalue weighted by Gasteiger charge is 2.59. The normalized spacial score (nSPS) is 25.4. The minimum Gasteiger partial charge on any atom is -0.480 e. The van der Waals surface area contributed by atoms with Gasteiger partial charge in [-0.1, -0.05) is 0 Å². The number of benzene rings is 1. The summed E-state index contributed by atoms with van der Waals surface area (Å²) in [5.74, 6) is -2.06. The first-order chi connectivity index (χ1) is 10.9. The Morgan fingerprint density at radius 3 is 2.83 bits per heavy atom. The van der Waals surface area contributed by atoms with E-state index in [2.05, 4.69) is 0 Å². The highest BCUT2D eigenvalue weighted by Crippen LogP contribution is 2.47. The first kappa shape index (κ1) is 15.3. The van der Waals surface area contributed by atoms with Crippen LogP contribution in [0.3, 0.4) is 0 Å². The lowest BCUT2D eigenvalue weighted by Crippen LogP contribution is -2.58. The van der Waals surface area contributed by atoms with E-state index in [9.17, 15) is 24.8 Å². The zero-order valence-electron chi connectivity index (χ0n) is 12.5. The Labute approximate surface area is 131 Å². The van der Waals surface area contributed by atoms with E-state index < -0.39 is 28.3 Å². The Hall–Kier alpha value is -2.64. The Morgan fingerprint density at radius 1 is 1.48 bits per heavy atom. The lowest BCUT2D eigenvalue weighted by molar-refractivity contribution is -0.384. The van der Waals surface area contributed by atoms with E-state index >= 15 is 0 Å². The maximum atomic E-state index is 12.3. The summed E-state index contributed by atoms with van der Waals surface area (Å²) in [5, 5.41) is 20.8. The molecule has 0 bridgehead atoms. The topological polar surface area (TPSA) is 110 Å². The largest absolute Gasteiger partial charge is 0.480 e. The van der Waals surface area contributed by atoms with E-state index in [-0.39, 0.29) is 12.1 Å². The maximum Gasteiger partial charge on any atom is 0.325 e. The van der Waals surface area contributed by atoms with E-state index in [4.69, 9.17) is 4.74 Å². The van der Waals surface area contributed by atoms with Gasteiger partial charge in [-0.3, -0.25) is 19.7 Å². The molecular formula is C15H16N2O6. The van der Waals surface area contributed by atoms with Gasteiger partial charge in [0.15, 0.2) is 5.41 Å². The number of rotatable bonds is 3. The molecule has 2 heterocycles. The second-order valence-corrected chi connectivity index (χ2v) is 5.87. The summed E-state index contributed by atoms with van der Waals surface area (Å²) in [5.41, 5.74) is -0.595. The van der Waals surface area contributed by atoms with Crippen molar-refractivity contribution in [3.63, 3.8) is 0 Å². The molecule has 1 aromatic carbocycles. The number of carbonyl (C=O) groups is 2. The third kappa shape index (κ3) is 2.05. The Balaban J connectivity index is 2.18. The molecule has 8 heteroatoms. The fourth-order valence-electron chi connectivity index (χ4n) is 3.79. The minimum atomic E-state index is -1.73. The quantitative estimate of drug-likeness (QED) is 0.387. The number of carboxylic acid groups (broad SMARTS) is 1. The van der Waals surface area contributed by atoms with Crippen LogP contribution in [0, 0.1) is 15.5 Å². The molecule has 0 unspecified atom stereocenters. The van der Waals surface area contributed by atoms with Crippen molar-refractivity contribution in [1.82, 2.24) is 0 Å². The molecule has 1 saturated heterocycles. The van der Waals surface area contributed by atoms with Gasteiger partial charge in [-0.2, -0.15) is 0 Å². The van der Waals surface area contributed by atoms with Crippen molar-refractivity contribution >= 4 is 23.3 Å². The van der Waals surface area contributed by atoms with Gasteiger partial charge in [-0.25, -0.2) is 0 Å². The summed E-state index contributed by atoms with van der Waals surface area (Å²) in [6, 6.07) is 3.89. The SMILES string of the molecule is COC(=O)[C@]1(C(=O)O)Cc2cc([N+](=O)[O-])ccc2N2CCC[C@H]21. The fourth-order valence-corrected chi connectivity index (χ4v) is 3.79. The molecule has 1 N–H and O–H groups in total. The molecule has 2 atom stereocenters. The first-order valence-electron chi connectivity index (χ1n) is 7.27. The number of ether oxygens (including phenoxy) is 1. The molecule has 0 spiro atoms. The van der Waals surface area contributed by atoms with Crippen LogP contribution in [0.4, 0.5) is 11.4 Å². The number of anilines is 1. The van der Waals surface area contributed by atoms with Crippen LogP contribution in [0.5, 0.6) is 0 Å². The Morgan fingerprint density at radius 2 is 2.22 bits per heavy atom. The highest BCUT2D eigenvalue weighted by molar-refractivity contribution is 6.02. The summed E-state index contributed by atoms with van der Waals surface area (Å²) >= 11 is 0. The number of esters is 1. The predicted octanol–water partition coefficient (Wildman–Crippen LogP) is 1.36. The second-order valence-electron chi connectivity index (χ2n) is 5.87. The van der Waals surface area contributed by atoms with Gasteiger partial charge in [0.25, 0.3) is 5.69 Å². The number of aliphatic carboxylic acids is 1. The van der Waals surface area contributed by atoms with Crippen LogP contribution >= 0.6 is 0 Å². The van der Waals surface area contributed by atoms with Crippen LogP contribution in [0.15, 0.2) is 18.2 Å². The van der Waals surface area contributed by atoms with Crippen molar-refractivity contribution in [3.05, 3.63) is 33.9 Å². The van der Waals surface area contributed by atoms with E-state index in [0.717, 1.165) is 19.2 Å². The van der Waals surface area contributed by atoms with Gasteiger partial charge in [-0.15, -0.1) is 0 Å². The average molecular weight is 320 g/mol. The summed E-state index contributed by atoms with van der Waals surface area (Å²) in [7, 11) is 1.16. The van der Waals surface area contributed by atoms with Crippen LogP contribution in [0.2, 0.25) is 0 Å². The number of non-ortho nitro benzene ring substituents is 1. The molecule has 3 rings (SSSR count). The van der Waals surface area contributed by atoms with E-state index in [1.54, 1.807) is 6.07 Å². The molecule has 1 aromatic rings. The van der Waals surface area contributed by atoms with Crippen molar-refractivity contribution in [2.24, 2.45) is 5.41 Å². The molecule has 0 saturated carbocycles. The van der Waals surface area contributed by atoms with Crippen LogP contribution < -0.4 is 4.90 Å². The lowest BCUT2D eigenvalue weighted by atomic mass is 9.71. The van der Waals surface area contributed by atoms with Crippen molar-refractivity contribution < 1.29 is 24.4 Å². The molecule has 0 radical (unpaired) electrons. The third-order valence-corrected chi connectivity index (χ3v) is 4.81. The van der Waals surface area contributed by atoms with Gasteiger partial charge < -0.3 is 14.7 Å². The molecule has 1 fully saturated rings. The molecule has 122 valence electrons. The van der Waals surface area contributed by atoms with Crippen molar-refractivity contribution in [2.45, 2.75) is 25.3 Å². The van der Waals surface area contributed by atoms with E-state index in [0.29, 0.717) is 18.5 Å². The molecular weight excluding hydrogens is 304 g/mol. The molecule has 8 nitrogen and oxygen atoms in total. The zero-order chi connectivity index (χ0) is 16.8. The lowest BCUT2D eigenvalue weighted by Gasteiger charge is -2.43. The van der Waals surface area contributed by atoms with Gasteiger partial charge in [0.2, 0.25) is 0 Å².